The molecule has 2 aromatic rings. The Hall–Kier alpha value is -2.62. The molecule has 2 rings (SSSR count). The minimum atomic E-state index is 0.940. The molecule has 0 saturated carbocycles. The van der Waals surface area contributed by atoms with Gasteiger partial charge in [-0.3, -0.25) is 0 Å². The predicted octanol–water partition coefficient (Wildman–Crippen LogP) is 5.91. The predicted molar refractivity (Wildman–Crippen MR) is 107 cm³/mol. The Morgan fingerprint density at radius 2 is 0.875 bits per heavy atom. The molecule has 0 N–H and O–H groups in total. The van der Waals surface area contributed by atoms with E-state index in [0.717, 1.165) is 11.4 Å². The van der Waals surface area contributed by atoms with Crippen molar-refractivity contribution < 1.29 is 0 Å². The van der Waals surface area contributed by atoms with Crippen LogP contribution in [0.1, 0.15) is 41.5 Å². The maximum absolute atomic E-state index is 3.93. The molecule has 0 unspecified atom stereocenters. The summed E-state index contributed by atoms with van der Waals surface area (Å²) in [5, 5.41) is 7.87. The first-order valence-corrected chi connectivity index (χ1v) is 7.63. The molecule has 132 valence electrons. The summed E-state index contributed by atoms with van der Waals surface area (Å²) in [5.41, 5.74) is 4.21. The fraction of sp³-hybridized carbons (Fsp3) is 0.300. The summed E-state index contributed by atoms with van der Waals surface area (Å²) in [6, 6.07) is 3.74. The number of nitrogens with zero attached hydrogens (tertiary/aromatic N) is 4. The lowest BCUT2D eigenvalue weighted by Gasteiger charge is -1.93. The molecule has 24 heavy (non-hydrogen) atoms. The average Bonchev–Trinajstić information content (AvgIpc) is 3.12. The summed E-state index contributed by atoms with van der Waals surface area (Å²) >= 11 is 0. The molecular formula is C20H32N4. The number of rotatable bonds is 2. The molecule has 0 saturated heterocycles. The molecule has 0 bridgehead atoms. The van der Waals surface area contributed by atoms with Crippen LogP contribution in [0.5, 0.6) is 0 Å². The second kappa shape index (κ2) is 14.0. The monoisotopic (exact) mass is 328 g/mol. The molecular weight excluding hydrogens is 296 g/mol. The van der Waals surface area contributed by atoms with Gasteiger partial charge in [-0.15, -0.1) is 13.2 Å². The Morgan fingerprint density at radius 3 is 0.958 bits per heavy atom. The Balaban J connectivity index is 0. The van der Waals surface area contributed by atoms with Gasteiger partial charge in [-0.2, -0.15) is 10.2 Å². The molecule has 0 aromatic carbocycles. The minimum Gasteiger partial charge on any atom is -0.246 e. The molecule has 0 aliphatic carbocycles. The third-order valence-corrected chi connectivity index (χ3v) is 1.79. The van der Waals surface area contributed by atoms with Gasteiger partial charge in [0, 0.05) is 36.2 Å². The highest BCUT2D eigenvalue weighted by Crippen LogP contribution is 1.94. The van der Waals surface area contributed by atoms with Crippen LogP contribution in [-0.4, -0.2) is 19.6 Å². The van der Waals surface area contributed by atoms with Crippen molar-refractivity contribution in [1.29, 1.82) is 0 Å². The lowest BCUT2D eigenvalue weighted by molar-refractivity contribution is 0.898. The van der Waals surface area contributed by atoms with E-state index in [1.54, 1.807) is 21.8 Å². The summed E-state index contributed by atoms with van der Waals surface area (Å²) < 4.78 is 3.44. The second-order valence-corrected chi connectivity index (χ2v) is 5.79. The minimum absolute atomic E-state index is 0.940. The normalized spacial score (nSPS) is 8.25. The molecule has 0 aliphatic heterocycles. The van der Waals surface area contributed by atoms with Gasteiger partial charge in [-0.1, -0.05) is 24.3 Å². The van der Waals surface area contributed by atoms with Gasteiger partial charge in [0.25, 0.3) is 0 Å². The number of aromatic nitrogens is 4. The Morgan fingerprint density at radius 1 is 0.625 bits per heavy atom. The SMILES string of the molecule is C=C(C)C.C=C(C)C.C=C(C)n1cccn1.C=C(C)n1cccn1. The van der Waals surface area contributed by atoms with E-state index in [0.29, 0.717) is 0 Å². The third-order valence-electron chi connectivity index (χ3n) is 1.79. The van der Waals surface area contributed by atoms with Gasteiger partial charge < -0.3 is 0 Å². The van der Waals surface area contributed by atoms with Gasteiger partial charge >= 0.3 is 0 Å². The highest BCUT2D eigenvalue weighted by Gasteiger charge is 1.84. The van der Waals surface area contributed by atoms with Crippen molar-refractivity contribution in [3.05, 3.63) is 74.4 Å². The highest BCUT2D eigenvalue weighted by atomic mass is 15.3. The first-order valence-electron chi connectivity index (χ1n) is 7.63. The van der Waals surface area contributed by atoms with Crippen LogP contribution in [0.3, 0.4) is 0 Å². The molecule has 0 radical (unpaired) electrons. The second-order valence-electron chi connectivity index (χ2n) is 5.79. The van der Waals surface area contributed by atoms with Gasteiger partial charge in [0.1, 0.15) is 0 Å². The first-order chi connectivity index (χ1) is 11.1. The molecule has 0 fully saturated rings. The summed E-state index contributed by atoms with van der Waals surface area (Å²) in [5.74, 6) is 0. The van der Waals surface area contributed by atoms with Crippen molar-refractivity contribution in [3.63, 3.8) is 0 Å². The van der Waals surface area contributed by atoms with Crippen LogP contribution in [0.25, 0.3) is 11.4 Å². The number of hydrogen-bond acceptors (Lipinski definition) is 2. The number of hydrogen-bond donors (Lipinski definition) is 0. The lowest BCUT2D eigenvalue weighted by atomic mass is 10.4. The van der Waals surface area contributed by atoms with Crippen molar-refractivity contribution in [2.45, 2.75) is 41.5 Å². The maximum atomic E-state index is 3.93. The van der Waals surface area contributed by atoms with Gasteiger partial charge in [0.2, 0.25) is 0 Å². The molecule has 0 aliphatic rings. The molecule has 2 heterocycles. The number of allylic oxidation sites excluding steroid dienone is 4. The Labute approximate surface area is 147 Å². The van der Waals surface area contributed by atoms with Crippen molar-refractivity contribution in [2.24, 2.45) is 0 Å². The van der Waals surface area contributed by atoms with Crippen molar-refractivity contribution in [1.82, 2.24) is 19.6 Å². The first kappa shape index (κ1) is 23.6. The van der Waals surface area contributed by atoms with Crippen LogP contribution in [0.4, 0.5) is 0 Å². The Bertz CT molecular complexity index is 538. The van der Waals surface area contributed by atoms with E-state index < -0.39 is 0 Å². The fourth-order valence-corrected chi connectivity index (χ4v) is 0.989. The molecule has 4 nitrogen and oxygen atoms in total. The van der Waals surface area contributed by atoms with Gasteiger partial charge in [-0.05, 0) is 53.7 Å². The summed E-state index contributed by atoms with van der Waals surface area (Å²) in [4.78, 5) is 0. The van der Waals surface area contributed by atoms with Crippen LogP contribution >= 0.6 is 0 Å². The largest absolute Gasteiger partial charge is 0.246 e. The van der Waals surface area contributed by atoms with Crippen LogP contribution in [0.15, 0.2) is 74.4 Å². The summed E-state index contributed by atoms with van der Waals surface area (Å²) in [6.45, 7) is 26.2. The molecule has 0 atom stereocenters. The third kappa shape index (κ3) is 17.4. The van der Waals surface area contributed by atoms with E-state index >= 15 is 0 Å². The molecule has 0 amide bonds. The maximum Gasteiger partial charge on any atom is 0.0493 e. The highest BCUT2D eigenvalue weighted by molar-refractivity contribution is 5.35. The zero-order chi connectivity index (χ0) is 19.1. The van der Waals surface area contributed by atoms with Crippen LogP contribution < -0.4 is 0 Å². The zero-order valence-electron chi connectivity index (χ0n) is 16.1. The van der Waals surface area contributed by atoms with E-state index in [2.05, 4.69) is 36.5 Å². The van der Waals surface area contributed by atoms with Crippen LogP contribution in [0, 0.1) is 0 Å². The van der Waals surface area contributed by atoms with E-state index in [1.807, 2.05) is 66.1 Å². The molecule has 2 aromatic heterocycles. The smallest absolute Gasteiger partial charge is 0.0493 e. The topological polar surface area (TPSA) is 35.6 Å². The average molecular weight is 329 g/mol. The van der Waals surface area contributed by atoms with E-state index in [4.69, 9.17) is 0 Å². The van der Waals surface area contributed by atoms with Gasteiger partial charge in [-0.25, -0.2) is 9.36 Å². The zero-order valence-corrected chi connectivity index (χ0v) is 16.1. The quantitative estimate of drug-likeness (QED) is 0.642. The van der Waals surface area contributed by atoms with Crippen LogP contribution in [0.2, 0.25) is 0 Å². The van der Waals surface area contributed by atoms with Crippen molar-refractivity contribution in [2.75, 3.05) is 0 Å². The lowest BCUT2D eigenvalue weighted by Crippen LogP contribution is -1.89. The fourth-order valence-electron chi connectivity index (χ4n) is 0.989. The van der Waals surface area contributed by atoms with E-state index in [-0.39, 0.29) is 0 Å². The standard InChI is InChI=1S/2C6H8N2.2C4H8/c2*1-6(2)8-5-3-4-7-8;2*1-4(2)3/h2*3-5H,1H2,2H3;2*1H2,2-3H3. The Kier molecular flexibility index (Phi) is 13.8. The van der Waals surface area contributed by atoms with Gasteiger partial charge in [0.05, 0.1) is 0 Å². The van der Waals surface area contributed by atoms with Crippen molar-refractivity contribution >= 4 is 11.4 Å². The van der Waals surface area contributed by atoms with Crippen molar-refractivity contribution in [3.8, 4) is 0 Å². The molecule has 4 heteroatoms. The van der Waals surface area contributed by atoms with E-state index in [1.165, 1.54) is 11.1 Å². The van der Waals surface area contributed by atoms with Gasteiger partial charge in [0.15, 0.2) is 0 Å². The van der Waals surface area contributed by atoms with Crippen LogP contribution in [-0.2, 0) is 0 Å². The molecule has 0 spiro atoms. The van der Waals surface area contributed by atoms with E-state index in [9.17, 15) is 0 Å². The summed E-state index contributed by atoms with van der Waals surface area (Å²) in [6.07, 6.45) is 7.19. The summed E-state index contributed by atoms with van der Waals surface area (Å²) in [7, 11) is 0.